The standard InChI is InChI=1S/C19H16BrN3O2/c1-3-23-16-7-5-4-6-15(16)22-19(23)13(11-21)8-12-9-14(20)18(24)17(10-12)25-2/h4-10,24H,3H2,1-2H3. The average Bonchev–Trinajstić information content (AvgIpc) is 3.00. The van der Waals surface area contributed by atoms with Crippen molar-refractivity contribution in [3.8, 4) is 17.6 Å². The Hall–Kier alpha value is -2.78. The monoisotopic (exact) mass is 397 g/mol. The smallest absolute Gasteiger partial charge is 0.172 e. The van der Waals surface area contributed by atoms with Gasteiger partial charge in [0, 0.05) is 6.54 Å². The number of phenols is 1. The Balaban J connectivity index is 2.17. The highest BCUT2D eigenvalue weighted by Crippen LogP contribution is 2.36. The predicted octanol–water partition coefficient (Wildman–Crippen LogP) is 4.60. The number of para-hydroxylation sites is 2. The van der Waals surface area contributed by atoms with E-state index in [9.17, 15) is 10.4 Å². The molecule has 0 aliphatic heterocycles. The first-order valence-electron chi connectivity index (χ1n) is 7.73. The van der Waals surface area contributed by atoms with Gasteiger partial charge in [-0.2, -0.15) is 5.26 Å². The second kappa shape index (κ2) is 6.99. The molecule has 0 radical (unpaired) electrons. The van der Waals surface area contributed by atoms with E-state index in [2.05, 4.69) is 27.0 Å². The fraction of sp³-hybridized carbons (Fsp3) is 0.158. The Kier molecular flexibility index (Phi) is 4.77. The molecule has 0 spiro atoms. The Bertz CT molecular complexity index is 1020. The number of hydrogen-bond donors (Lipinski definition) is 1. The minimum Gasteiger partial charge on any atom is -0.503 e. The second-order valence-electron chi connectivity index (χ2n) is 5.39. The van der Waals surface area contributed by atoms with Crippen molar-refractivity contribution in [3.63, 3.8) is 0 Å². The molecular formula is C19H16BrN3O2. The lowest BCUT2D eigenvalue weighted by Gasteiger charge is -2.08. The van der Waals surface area contributed by atoms with Crippen LogP contribution in [0.15, 0.2) is 40.9 Å². The molecule has 0 bridgehead atoms. The number of nitrogens with zero attached hydrogens (tertiary/aromatic N) is 3. The number of halogens is 1. The summed E-state index contributed by atoms with van der Waals surface area (Å²) in [6.07, 6.45) is 1.74. The number of ether oxygens (including phenoxy) is 1. The maximum Gasteiger partial charge on any atom is 0.172 e. The molecule has 1 aromatic heterocycles. The van der Waals surface area contributed by atoms with Crippen LogP contribution in [0.2, 0.25) is 0 Å². The molecule has 1 heterocycles. The summed E-state index contributed by atoms with van der Waals surface area (Å²) in [4.78, 5) is 4.61. The number of benzene rings is 2. The second-order valence-corrected chi connectivity index (χ2v) is 6.25. The highest BCUT2D eigenvalue weighted by molar-refractivity contribution is 9.10. The summed E-state index contributed by atoms with van der Waals surface area (Å²) >= 11 is 3.30. The first-order chi connectivity index (χ1) is 12.1. The number of hydrogen-bond acceptors (Lipinski definition) is 4. The van der Waals surface area contributed by atoms with E-state index in [4.69, 9.17) is 4.74 Å². The first-order valence-corrected chi connectivity index (χ1v) is 8.52. The SMILES string of the molecule is CCn1c(C(C#N)=Cc2cc(Br)c(O)c(OC)c2)nc2ccccc21. The van der Waals surface area contributed by atoms with Crippen molar-refractivity contribution in [2.75, 3.05) is 7.11 Å². The number of phenolic OH excluding ortho intramolecular Hbond substituents is 1. The van der Waals surface area contributed by atoms with Gasteiger partial charge in [0.1, 0.15) is 6.07 Å². The highest BCUT2D eigenvalue weighted by Gasteiger charge is 2.14. The maximum absolute atomic E-state index is 9.93. The number of nitriles is 1. The van der Waals surface area contributed by atoms with Crippen LogP contribution in [0.4, 0.5) is 0 Å². The molecular weight excluding hydrogens is 382 g/mol. The van der Waals surface area contributed by atoms with Gasteiger partial charge in [0.2, 0.25) is 0 Å². The van der Waals surface area contributed by atoms with Crippen LogP contribution in [0.5, 0.6) is 11.5 Å². The molecule has 0 amide bonds. The lowest BCUT2D eigenvalue weighted by atomic mass is 10.1. The molecule has 0 atom stereocenters. The van der Waals surface area contributed by atoms with Crippen LogP contribution < -0.4 is 4.74 Å². The van der Waals surface area contributed by atoms with Crippen molar-refractivity contribution in [3.05, 3.63) is 52.3 Å². The molecule has 1 N–H and O–H groups in total. The normalized spacial score (nSPS) is 11.5. The molecule has 0 saturated carbocycles. The zero-order chi connectivity index (χ0) is 18.0. The van der Waals surface area contributed by atoms with Gasteiger partial charge in [0.25, 0.3) is 0 Å². The van der Waals surface area contributed by atoms with Crippen molar-refractivity contribution in [1.82, 2.24) is 9.55 Å². The summed E-state index contributed by atoms with van der Waals surface area (Å²) in [6.45, 7) is 2.73. The van der Waals surface area contributed by atoms with E-state index in [-0.39, 0.29) is 5.75 Å². The van der Waals surface area contributed by atoms with Gasteiger partial charge in [-0.05, 0) is 58.8 Å². The van der Waals surface area contributed by atoms with Crippen LogP contribution in [0.3, 0.4) is 0 Å². The number of aromatic hydroxyl groups is 1. The van der Waals surface area contributed by atoms with E-state index in [1.54, 1.807) is 18.2 Å². The molecule has 0 aliphatic carbocycles. The third-order valence-electron chi connectivity index (χ3n) is 3.91. The summed E-state index contributed by atoms with van der Waals surface area (Å²) in [6, 6.07) is 13.4. The van der Waals surface area contributed by atoms with Crippen LogP contribution in [0.25, 0.3) is 22.7 Å². The molecule has 2 aromatic carbocycles. The van der Waals surface area contributed by atoms with Gasteiger partial charge in [-0.1, -0.05) is 12.1 Å². The minimum absolute atomic E-state index is 0.0268. The van der Waals surface area contributed by atoms with E-state index in [1.165, 1.54) is 7.11 Å². The third kappa shape index (κ3) is 3.11. The highest BCUT2D eigenvalue weighted by atomic mass is 79.9. The van der Waals surface area contributed by atoms with Crippen LogP contribution in [-0.2, 0) is 6.54 Å². The molecule has 0 saturated heterocycles. The van der Waals surface area contributed by atoms with Crippen LogP contribution in [0, 0.1) is 11.3 Å². The Labute approximate surface area is 153 Å². The molecule has 25 heavy (non-hydrogen) atoms. The fourth-order valence-electron chi connectivity index (χ4n) is 2.75. The third-order valence-corrected chi connectivity index (χ3v) is 4.52. The quantitative estimate of drug-likeness (QED) is 0.653. The minimum atomic E-state index is 0.0268. The van der Waals surface area contributed by atoms with E-state index in [1.807, 2.05) is 35.8 Å². The van der Waals surface area contributed by atoms with Crippen molar-refractivity contribution >= 4 is 38.6 Å². The fourth-order valence-corrected chi connectivity index (χ4v) is 3.21. The summed E-state index contributed by atoms with van der Waals surface area (Å²) in [5.74, 6) is 0.982. The zero-order valence-corrected chi connectivity index (χ0v) is 15.4. The van der Waals surface area contributed by atoms with Crippen molar-refractivity contribution in [2.45, 2.75) is 13.5 Å². The number of aromatic nitrogens is 2. The summed E-state index contributed by atoms with van der Waals surface area (Å²) in [5.41, 5.74) is 3.01. The number of allylic oxidation sites excluding steroid dienone is 1. The molecule has 6 heteroatoms. The summed E-state index contributed by atoms with van der Waals surface area (Å²) < 4.78 is 7.68. The number of methoxy groups -OCH3 is 1. The maximum atomic E-state index is 9.93. The average molecular weight is 398 g/mol. The number of aryl methyl sites for hydroxylation is 1. The van der Waals surface area contributed by atoms with E-state index < -0.39 is 0 Å². The Morgan fingerprint density at radius 3 is 2.84 bits per heavy atom. The van der Waals surface area contributed by atoms with Gasteiger partial charge in [0.05, 0.1) is 28.2 Å². The Morgan fingerprint density at radius 1 is 1.40 bits per heavy atom. The van der Waals surface area contributed by atoms with Crippen LogP contribution in [-0.4, -0.2) is 21.8 Å². The molecule has 0 fully saturated rings. The lowest BCUT2D eigenvalue weighted by molar-refractivity contribution is 0.372. The first kappa shape index (κ1) is 17.1. The topological polar surface area (TPSA) is 71.1 Å². The van der Waals surface area contributed by atoms with E-state index in [0.717, 1.165) is 16.6 Å². The van der Waals surface area contributed by atoms with Gasteiger partial charge >= 0.3 is 0 Å². The van der Waals surface area contributed by atoms with Crippen molar-refractivity contribution in [2.24, 2.45) is 0 Å². The van der Waals surface area contributed by atoms with Crippen LogP contribution >= 0.6 is 15.9 Å². The molecule has 0 aliphatic rings. The van der Waals surface area contributed by atoms with E-state index in [0.29, 0.717) is 28.2 Å². The van der Waals surface area contributed by atoms with Gasteiger partial charge in [0.15, 0.2) is 17.3 Å². The molecule has 3 aromatic rings. The molecule has 126 valence electrons. The number of fused-ring (bicyclic) bond motifs is 1. The summed E-state index contributed by atoms with van der Waals surface area (Å²) in [7, 11) is 1.48. The van der Waals surface area contributed by atoms with E-state index >= 15 is 0 Å². The van der Waals surface area contributed by atoms with Crippen LogP contribution in [0.1, 0.15) is 18.3 Å². The lowest BCUT2D eigenvalue weighted by Crippen LogP contribution is -2.00. The zero-order valence-electron chi connectivity index (χ0n) is 13.8. The molecule has 0 unspecified atom stereocenters. The molecule has 5 nitrogen and oxygen atoms in total. The number of imidazole rings is 1. The van der Waals surface area contributed by atoms with Crippen molar-refractivity contribution in [1.29, 1.82) is 5.26 Å². The number of rotatable bonds is 4. The molecule has 3 rings (SSSR count). The Morgan fingerprint density at radius 2 is 2.16 bits per heavy atom. The van der Waals surface area contributed by atoms with Gasteiger partial charge in [-0.15, -0.1) is 0 Å². The van der Waals surface area contributed by atoms with Gasteiger partial charge in [-0.3, -0.25) is 0 Å². The van der Waals surface area contributed by atoms with Gasteiger partial charge < -0.3 is 14.4 Å². The largest absolute Gasteiger partial charge is 0.503 e. The van der Waals surface area contributed by atoms with Crippen molar-refractivity contribution < 1.29 is 9.84 Å². The predicted molar refractivity (Wildman–Crippen MR) is 101 cm³/mol. The van der Waals surface area contributed by atoms with Gasteiger partial charge in [-0.25, -0.2) is 4.98 Å². The summed E-state index contributed by atoms with van der Waals surface area (Å²) in [5, 5.41) is 19.6.